The van der Waals surface area contributed by atoms with Crippen LogP contribution in [0.4, 0.5) is 0 Å². The number of aryl methyl sites for hydroxylation is 1. The van der Waals surface area contributed by atoms with E-state index in [4.69, 9.17) is 9.47 Å². The Morgan fingerprint density at radius 3 is 2.89 bits per heavy atom. The van der Waals surface area contributed by atoms with Crippen LogP contribution in [0.3, 0.4) is 0 Å². The van der Waals surface area contributed by atoms with Gasteiger partial charge in [0.05, 0.1) is 36.6 Å². The van der Waals surface area contributed by atoms with Gasteiger partial charge < -0.3 is 19.4 Å². The summed E-state index contributed by atoms with van der Waals surface area (Å²) in [6.45, 7) is 2.26. The number of imidazole rings is 1. The van der Waals surface area contributed by atoms with E-state index in [9.17, 15) is 4.79 Å². The first-order valence-electron chi connectivity index (χ1n) is 9.72. The molecule has 0 radical (unpaired) electrons. The number of carbonyl (C=O) groups excluding carboxylic acids is 1. The zero-order valence-corrected chi connectivity index (χ0v) is 15.8. The third-order valence-corrected chi connectivity index (χ3v) is 5.06. The number of fused-ring (bicyclic) bond motifs is 1. The highest BCUT2D eigenvalue weighted by Crippen LogP contribution is 2.15. The minimum absolute atomic E-state index is 0.0236. The molecule has 28 heavy (non-hydrogen) atoms. The molecule has 1 amide bonds. The lowest BCUT2D eigenvalue weighted by molar-refractivity contribution is -0.126. The Bertz CT molecular complexity index is 910. The second-order valence-corrected chi connectivity index (χ2v) is 7.05. The summed E-state index contributed by atoms with van der Waals surface area (Å²) < 4.78 is 13.6. The summed E-state index contributed by atoms with van der Waals surface area (Å²) in [4.78, 5) is 16.9. The Morgan fingerprint density at radius 1 is 1.18 bits per heavy atom. The van der Waals surface area contributed by atoms with Gasteiger partial charge in [-0.15, -0.1) is 0 Å². The molecule has 3 aromatic rings. The lowest BCUT2D eigenvalue weighted by Crippen LogP contribution is -2.50. The van der Waals surface area contributed by atoms with Crippen LogP contribution in [0, 0.1) is 0 Å². The highest BCUT2D eigenvalue weighted by atomic mass is 16.5. The maximum Gasteiger partial charge on any atom is 0.222 e. The van der Waals surface area contributed by atoms with Crippen LogP contribution in [-0.2, 0) is 27.4 Å². The van der Waals surface area contributed by atoms with Gasteiger partial charge in [0.25, 0.3) is 0 Å². The van der Waals surface area contributed by atoms with Crippen molar-refractivity contribution in [2.45, 2.75) is 38.1 Å². The second kappa shape index (κ2) is 8.99. The maximum atomic E-state index is 12.5. The first kappa shape index (κ1) is 18.7. The van der Waals surface area contributed by atoms with Gasteiger partial charge >= 0.3 is 0 Å². The minimum atomic E-state index is -0.132. The summed E-state index contributed by atoms with van der Waals surface area (Å²) in [5.74, 6) is 0.0259. The lowest BCUT2D eigenvalue weighted by Gasteiger charge is -2.32. The van der Waals surface area contributed by atoms with Crippen molar-refractivity contribution >= 4 is 16.9 Å². The van der Waals surface area contributed by atoms with Gasteiger partial charge in [0.15, 0.2) is 0 Å². The zero-order chi connectivity index (χ0) is 19.2. The number of ether oxygens (including phenoxy) is 2. The van der Waals surface area contributed by atoms with Crippen molar-refractivity contribution in [3.8, 4) is 0 Å². The van der Waals surface area contributed by atoms with Crippen molar-refractivity contribution in [3.05, 3.63) is 66.5 Å². The minimum Gasteiger partial charge on any atom is -0.379 e. The van der Waals surface area contributed by atoms with E-state index in [1.807, 2.05) is 59.2 Å². The summed E-state index contributed by atoms with van der Waals surface area (Å²) >= 11 is 0. The first-order chi connectivity index (χ1) is 13.8. The van der Waals surface area contributed by atoms with Crippen LogP contribution in [0.25, 0.3) is 11.0 Å². The van der Waals surface area contributed by atoms with Crippen molar-refractivity contribution < 1.29 is 14.3 Å². The summed E-state index contributed by atoms with van der Waals surface area (Å²) in [7, 11) is 0. The normalized spacial score (nSPS) is 19.6. The molecule has 1 aromatic heterocycles. The zero-order valence-electron chi connectivity index (χ0n) is 15.8. The summed E-state index contributed by atoms with van der Waals surface area (Å²) in [6.07, 6.45) is 2.83. The van der Waals surface area contributed by atoms with E-state index in [2.05, 4.69) is 10.3 Å². The van der Waals surface area contributed by atoms with Gasteiger partial charge in [-0.05, 0) is 24.1 Å². The third-order valence-electron chi connectivity index (χ3n) is 5.06. The van der Waals surface area contributed by atoms with Gasteiger partial charge in [0.2, 0.25) is 5.91 Å². The lowest BCUT2D eigenvalue weighted by atomic mass is 10.1. The van der Waals surface area contributed by atoms with Crippen molar-refractivity contribution in [2.75, 3.05) is 13.2 Å². The summed E-state index contributed by atoms with van der Waals surface area (Å²) in [5.41, 5.74) is 3.11. The molecule has 0 bridgehead atoms. The number of nitrogens with one attached hydrogen (secondary N) is 1. The van der Waals surface area contributed by atoms with E-state index in [1.165, 1.54) is 0 Å². The van der Waals surface area contributed by atoms with Gasteiger partial charge in [0.1, 0.15) is 6.10 Å². The van der Waals surface area contributed by atoms with Crippen LogP contribution in [-0.4, -0.2) is 40.8 Å². The highest BCUT2D eigenvalue weighted by molar-refractivity contribution is 5.77. The third kappa shape index (κ3) is 4.58. The largest absolute Gasteiger partial charge is 0.379 e. The molecule has 1 fully saturated rings. The number of carbonyl (C=O) groups is 1. The number of rotatable bonds is 7. The first-order valence-corrected chi connectivity index (χ1v) is 9.72. The molecule has 1 saturated heterocycles. The van der Waals surface area contributed by atoms with Gasteiger partial charge in [-0.1, -0.05) is 42.5 Å². The number of aromatic nitrogens is 2. The highest BCUT2D eigenvalue weighted by Gasteiger charge is 2.27. The predicted octanol–water partition coefficient (Wildman–Crippen LogP) is 2.92. The van der Waals surface area contributed by atoms with Gasteiger partial charge in [0, 0.05) is 19.6 Å². The molecule has 1 N–H and O–H groups in total. The van der Waals surface area contributed by atoms with E-state index in [0.717, 1.165) is 23.0 Å². The van der Waals surface area contributed by atoms with Crippen LogP contribution in [0.15, 0.2) is 60.9 Å². The van der Waals surface area contributed by atoms with E-state index >= 15 is 0 Å². The Hall–Kier alpha value is -2.70. The predicted molar refractivity (Wildman–Crippen MR) is 107 cm³/mol. The molecule has 0 saturated carbocycles. The average molecular weight is 379 g/mol. The van der Waals surface area contributed by atoms with Gasteiger partial charge in [-0.2, -0.15) is 0 Å². The van der Waals surface area contributed by atoms with E-state index in [-0.39, 0.29) is 18.1 Å². The monoisotopic (exact) mass is 379 g/mol. The SMILES string of the molecule is O=C(CCn1cnc2ccccc21)N[C@@H]1CCOC[C@H]1OCc1ccccc1. The quantitative estimate of drug-likeness (QED) is 0.686. The molecule has 0 aliphatic carbocycles. The molecule has 2 atom stereocenters. The van der Waals surface area contributed by atoms with Crippen molar-refractivity contribution in [3.63, 3.8) is 0 Å². The number of benzene rings is 2. The molecule has 1 aliphatic rings. The molecular formula is C22H25N3O3. The Balaban J connectivity index is 1.30. The van der Waals surface area contributed by atoms with Crippen molar-refractivity contribution in [1.29, 1.82) is 0 Å². The summed E-state index contributed by atoms with van der Waals surface area (Å²) in [5, 5.41) is 3.14. The Kier molecular flexibility index (Phi) is 5.99. The molecule has 2 aromatic carbocycles. The van der Waals surface area contributed by atoms with Crippen LogP contribution in [0.1, 0.15) is 18.4 Å². The molecule has 146 valence electrons. The number of amides is 1. The molecule has 1 aliphatic heterocycles. The molecule has 6 heteroatoms. The molecule has 0 spiro atoms. The maximum absolute atomic E-state index is 12.5. The van der Waals surface area contributed by atoms with Gasteiger partial charge in [-0.25, -0.2) is 4.98 Å². The molecule has 0 unspecified atom stereocenters. The number of hydrogen-bond acceptors (Lipinski definition) is 4. The molecular weight excluding hydrogens is 354 g/mol. The molecule has 6 nitrogen and oxygen atoms in total. The number of nitrogens with zero attached hydrogens (tertiary/aromatic N) is 2. The van der Waals surface area contributed by atoms with Crippen molar-refractivity contribution in [2.24, 2.45) is 0 Å². The summed E-state index contributed by atoms with van der Waals surface area (Å²) in [6, 6.07) is 18.0. The van der Waals surface area contributed by atoms with Gasteiger partial charge in [-0.3, -0.25) is 4.79 Å². The number of para-hydroxylation sites is 2. The van der Waals surface area contributed by atoms with Crippen LogP contribution in [0.5, 0.6) is 0 Å². The fraction of sp³-hybridized carbons (Fsp3) is 0.364. The van der Waals surface area contributed by atoms with Crippen molar-refractivity contribution in [1.82, 2.24) is 14.9 Å². The molecule has 2 heterocycles. The smallest absolute Gasteiger partial charge is 0.222 e. The van der Waals surface area contributed by atoms with Crippen LogP contribution < -0.4 is 5.32 Å². The second-order valence-electron chi connectivity index (χ2n) is 7.05. The standard InChI is InChI=1S/C22H25N3O3/c26-22(10-12-25-16-23-18-8-4-5-9-20(18)25)24-19-11-13-27-15-21(19)28-14-17-6-2-1-3-7-17/h1-9,16,19,21H,10-15H2,(H,24,26)/t19-,21-/m1/s1. The van der Waals surface area contributed by atoms with E-state index < -0.39 is 0 Å². The fourth-order valence-electron chi connectivity index (χ4n) is 3.51. The Morgan fingerprint density at radius 2 is 2.00 bits per heavy atom. The Labute approximate surface area is 164 Å². The van der Waals surface area contributed by atoms with Crippen LogP contribution in [0.2, 0.25) is 0 Å². The molecule has 4 rings (SSSR count). The van der Waals surface area contributed by atoms with E-state index in [1.54, 1.807) is 6.33 Å². The van der Waals surface area contributed by atoms with E-state index in [0.29, 0.717) is 32.8 Å². The average Bonchev–Trinajstić information content (AvgIpc) is 3.16. The fourth-order valence-corrected chi connectivity index (χ4v) is 3.51. The number of hydrogen-bond donors (Lipinski definition) is 1. The topological polar surface area (TPSA) is 65.4 Å². The van der Waals surface area contributed by atoms with Crippen LogP contribution >= 0.6 is 0 Å².